The third-order valence-corrected chi connectivity index (χ3v) is 4.91. The predicted molar refractivity (Wildman–Crippen MR) is 76.4 cm³/mol. The Kier molecular flexibility index (Phi) is 4.91. The van der Waals surface area contributed by atoms with E-state index < -0.39 is 23.9 Å². The van der Waals surface area contributed by atoms with E-state index in [2.05, 4.69) is 10.3 Å². The molecule has 2 rings (SSSR count). The minimum Gasteiger partial charge on any atom is -0.302 e. The molecule has 1 N–H and O–H groups in total. The molecule has 2 unspecified atom stereocenters. The zero-order valence-corrected chi connectivity index (χ0v) is 12.9. The Morgan fingerprint density at radius 1 is 1.38 bits per heavy atom. The van der Waals surface area contributed by atoms with Gasteiger partial charge in [-0.15, -0.1) is 11.3 Å². The van der Waals surface area contributed by atoms with Gasteiger partial charge in [0.15, 0.2) is 5.13 Å². The van der Waals surface area contributed by atoms with Gasteiger partial charge in [-0.05, 0) is 26.2 Å². The van der Waals surface area contributed by atoms with E-state index in [0.717, 1.165) is 17.0 Å². The topological polar surface area (TPSA) is 42.0 Å². The zero-order chi connectivity index (χ0) is 15.6. The minimum absolute atomic E-state index is 0.0404. The summed E-state index contributed by atoms with van der Waals surface area (Å²) in [5, 5.41) is 2.98. The number of nitrogens with one attached hydrogen (secondary N) is 1. The van der Waals surface area contributed by atoms with E-state index in [-0.39, 0.29) is 6.42 Å². The number of thiazole rings is 1. The Morgan fingerprint density at radius 2 is 2.05 bits per heavy atom. The van der Waals surface area contributed by atoms with Crippen molar-refractivity contribution in [2.75, 3.05) is 5.32 Å². The number of carbonyl (C=O) groups is 1. The third-order valence-electron chi connectivity index (χ3n) is 3.98. The maximum atomic E-state index is 13.0. The molecule has 0 saturated heterocycles. The van der Waals surface area contributed by atoms with Crippen molar-refractivity contribution in [2.24, 2.45) is 11.8 Å². The van der Waals surface area contributed by atoms with Crippen molar-refractivity contribution in [2.45, 2.75) is 52.1 Å². The van der Waals surface area contributed by atoms with E-state index >= 15 is 0 Å². The first-order chi connectivity index (χ1) is 9.82. The second-order valence-electron chi connectivity index (χ2n) is 5.40. The number of alkyl halides is 3. The fourth-order valence-corrected chi connectivity index (χ4v) is 3.75. The number of aromatic nitrogens is 1. The van der Waals surface area contributed by atoms with Crippen LogP contribution in [0.1, 0.15) is 43.2 Å². The molecule has 0 spiro atoms. The van der Waals surface area contributed by atoms with Crippen molar-refractivity contribution in [3.05, 3.63) is 10.6 Å². The number of hydrogen-bond acceptors (Lipinski definition) is 3. The highest BCUT2D eigenvalue weighted by Crippen LogP contribution is 2.42. The average molecular weight is 320 g/mol. The lowest BCUT2D eigenvalue weighted by molar-refractivity contribution is -0.197. The molecule has 118 valence electrons. The van der Waals surface area contributed by atoms with Gasteiger partial charge in [0, 0.05) is 10.8 Å². The lowest BCUT2D eigenvalue weighted by Gasteiger charge is -2.31. The Balaban J connectivity index is 2.10. The molecular formula is C14H19F3N2OS. The van der Waals surface area contributed by atoms with Crippen molar-refractivity contribution in [3.8, 4) is 0 Å². The maximum Gasteiger partial charge on any atom is 0.392 e. The monoisotopic (exact) mass is 320 g/mol. The first kappa shape index (κ1) is 16.3. The smallest absolute Gasteiger partial charge is 0.302 e. The Labute approximate surface area is 126 Å². The second kappa shape index (κ2) is 6.34. The minimum atomic E-state index is -4.31. The molecule has 3 nitrogen and oxygen atoms in total. The maximum absolute atomic E-state index is 13.0. The quantitative estimate of drug-likeness (QED) is 0.901. The largest absolute Gasteiger partial charge is 0.392 e. The van der Waals surface area contributed by atoms with Crippen molar-refractivity contribution in [1.82, 2.24) is 4.98 Å². The van der Waals surface area contributed by atoms with Crippen molar-refractivity contribution < 1.29 is 18.0 Å². The number of nitrogens with zero attached hydrogens (tertiary/aromatic N) is 1. The van der Waals surface area contributed by atoms with Gasteiger partial charge in [-0.2, -0.15) is 13.2 Å². The lowest BCUT2D eigenvalue weighted by Crippen LogP contribution is -2.39. The van der Waals surface area contributed by atoms with Crippen LogP contribution in [-0.2, 0) is 11.2 Å². The highest BCUT2D eigenvalue weighted by molar-refractivity contribution is 7.15. The SMILES string of the molecule is CCc1nc(NC(=O)C2CCCCC2C(F)(F)F)sc1C. The van der Waals surface area contributed by atoms with Gasteiger partial charge in [0.2, 0.25) is 5.91 Å². The van der Waals surface area contributed by atoms with Crippen LogP contribution in [0.25, 0.3) is 0 Å². The molecule has 0 bridgehead atoms. The van der Waals surface area contributed by atoms with Gasteiger partial charge in [0.05, 0.1) is 11.6 Å². The summed E-state index contributed by atoms with van der Waals surface area (Å²) in [6.07, 6.45) is -2.03. The van der Waals surface area contributed by atoms with Crippen molar-refractivity contribution in [3.63, 3.8) is 0 Å². The second-order valence-corrected chi connectivity index (χ2v) is 6.61. The fraction of sp³-hybridized carbons (Fsp3) is 0.714. The molecule has 0 aliphatic heterocycles. The average Bonchev–Trinajstić information content (AvgIpc) is 2.77. The van der Waals surface area contributed by atoms with Crippen LogP contribution >= 0.6 is 11.3 Å². The molecule has 1 fully saturated rings. The third kappa shape index (κ3) is 3.75. The highest BCUT2D eigenvalue weighted by Gasteiger charge is 2.48. The predicted octanol–water partition coefficient (Wildman–Crippen LogP) is 4.32. The summed E-state index contributed by atoms with van der Waals surface area (Å²) < 4.78 is 39.1. The summed E-state index contributed by atoms with van der Waals surface area (Å²) in [4.78, 5) is 17.4. The van der Waals surface area contributed by atoms with Crippen LogP contribution in [0.5, 0.6) is 0 Å². The fourth-order valence-electron chi connectivity index (χ4n) is 2.84. The summed E-state index contributed by atoms with van der Waals surface area (Å²) in [5.41, 5.74) is 0.881. The molecule has 1 saturated carbocycles. The number of aryl methyl sites for hydroxylation is 2. The molecule has 1 heterocycles. The molecule has 21 heavy (non-hydrogen) atoms. The van der Waals surface area contributed by atoms with Crippen molar-refractivity contribution >= 4 is 22.4 Å². The number of halogens is 3. The number of amides is 1. The molecule has 2 atom stereocenters. The molecule has 0 radical (unpaired) electrons. The van der Waals surface area contributed by atoms with E-state index in [0.29, 0.717) is 24.4 Å². The van der Waals surface area contributed by atoms with E-state index in [4.69, 9.17) is 0 Å². The van der Waals surface area contributed by atoms with Crippen LogP contribution in [-0.4, -0.2) is 17.1 Å². The summed E-state index contributed by atoms with van der Waals surface area (Å²) in [7, 11) is 0. The molecule has 1 amide bonds. The summed E-state index contributed by atoms with van der Waals surface area (Å²) >= 11 is 1.32. The van der Waals surface area contributed by atoms with Gasteiger partial charge in [-0.3, -0.25) is 4.79 Å². The molecule has 1 aliphatic rings. The number of rotatable bonds is 3. The highest BCUT2D eigenvalue weighted by atomic mass is 32.1. The molecular weight excluding hydrogens is 301 g/mol. The lowest BCUT2D eigenvalue weighted by atomic mass is 9.78. The number of carbonyl (C=O) groups excluding carboxylic acids is 1. The Hall–Kier alpha value is -1.11. The first-order valence-electron chi connectivity index (χ1n) is 7.16. The summed E-state index contributed by atoms with van der Waals surface area (Å²) in [6.45, 7) is 3.85. The van der Waals surface area contributed by atoms with Gasteiger partial charge >= 0.3 is 6.18 Å². The van der Waals surface area contributed by atoms with Crippen LogP contribution in [0.15, 0.2) is 0 Å². The van der Waals surface area contributed by atoms with E-state index in [1.807, 2.05) is 13.8 Å². The number of hydrogen-bond donors (Lipinski definition) is 1. The molecule has 0 aromatic carbocycles. The van der Waals surface area contributed by atoms with Gasteiger partial charge in [-0.25, -0.2) is 4.98 Å². The Bertz CT molecular complexity index is 513. The van der Waals surface area contributed by atoms with Crippen molar-refractivity contribution in [1.29, 1.82) is 0 Å². The van der Waals surface area contributed by atoms with Gasteiger partial charge in [0.1, 0.15) is 0 Å². The molecule has 7 heteroatoms. The Morgan fingerprint density at radius 3 is 2.62 bits per heavy atom. The molecule has 1 aliphatic carbocycles. The van der Waals surface area contributed by atoms with E-state index in [1.165, 1.54) is 11.3 Å². The van der Waals surface area contributed by atoms with Gasteiger partial charge < -0.3 is 5.32 Å². The standard InChI is InChI=1S/C14H19F3N2OS/c1-3-11-8(2)21-13(18-11)19-12(20)9-6-4-5-7-10(9)14(15,16)17/h9-10H,3-7H2,1-2H3,(H,18,19,20). The van der Waals surface area contributed by atoms with E-state index in [1.54, 1.807) is 0 Å². The first-order valence-corrected chi connectivity index (χ1v) is 7.98. The molecule has 1 aromatic rings. The van der Waals surface area contributed by atoms with Crippen LogP contribution in [0, 0.1) is 18.8 Å². The van der Waals surface area contributed by atoms with Crippen LogP contribution < -0.4 is 5.32 Å². The summed E-state index contributed by atoms with van der Waals surface area (Å²) in [5.74, 6) is -3.07. The summed E-state index contributed by atoms with van der Waals surface area (Å²) in [6, 6.07) is 0. The van der Waals surface area contributed by atoms with Crippen LogP contribution in [0.2, 0.25) is 0 Å². The van der Waals surface area contributed by atoms with E-state index in [9.17, 15) is 18.0 Å². The number of anilines is 1. The van der Waals surface area contributed by atoms with Gasteiger partial charge in [0.25, 0.3) is 0 Å². The van der Waals surface area contributed by atoms with Crippen LogP contribution in [0.3, 0.4) is 0 Å². The normalized spacial score (nSPS) is 23.1. The molecule has 1 aromatic heterocycles. The van der Waals surface area contributed by atoms with Crippen LogP contribution in [0.4, 0.5) is 18.3 Å². The zero-order valence-electron chi connectivity index (χ0n) is 12.1. The van der Waals surface area contributed by atoms with Gasteiger partial charge in [-0.1, -0.05) is 19.8 Å².